The first-order valence-electron chi connectivity index (χ1n) is 13.4. The van der Waals surface area contributed by atoms with Crippen molar-refractivity contribution < 1.29 is 18.7 Å². The van der Waals surface area contributed by atoms with Crippen molar-refractivity contribution >= 4 is 39.8 Å². The summed E-state index contributed by atoms with van der Waals surface area (Å²) in [6.45, 7) is 7.76. The molecular weight excluding hydrogens is 526 g/mol. The topological polar surface area (TPSA) is 93.6 Å². The van der Waals surface area contributed by atoms with E-state index in [0.29, 0.717) is 36.1 Å². The Morgan fingerprint density at radius 2 is 1.90 bits per heavy atom. The van der Waals surface area contributed by atoms with E-state index in [4.69, 9.17) is 4.98 Å². The van der Waals surface area contributed by atoms with E-state index in [1.54, 1.807) is 37.4 Å². The Labute approximate surface area is 237 Å². The summed E-state index contributed by atoms with van der Waals surface area (Å²) in [5.41, 5.74) is 5.47. The molecule has 0 bridgehead atoms. The Kier molecular flexibility index (Phi) is 8.23. The van der Waals surface area contributed by atoms with Gasteiger partial charge < -0.3 is 20.6 Å². The molecule has 4 aromatic rings. The van der Waals surface area contributed by atoms with E-state index in [-0.39, 0.29) is 12.5 Å². The summed E-state index contributed by atoms with van der Waals surface area (Å²) in [6.07, 6.45) is -1.42. The Hall–Kier alpha value is -4.41. The van der Waals surface area contributed by atoms with Crippen molar-refractivity contribution in [3.05, 3.63) is 85.1 Å². The molecule has 41 heavy (non-hydrogen) atoms. The Morgan fingerprint density at radius 3 is 2.63 bits per heavy atom. The fraction of sp³-hybridized carbons (Fsp3) is 0.258. The summed E-state index contributed by atoms with van der Waals surface area (Å²) in [5.74, 6) is 0.0916. The van der Waals surface area contributed by atoms with Crippen LogP contribution in [0, 0.1) is 6.92 Å². The fourth-order valence-electron chi connectivity index (χ4n) is 5.04. The number of fused-ring (bicyclic) bond motifs is 1. The second-order valence-corrected chi connectivity index (χ2v) is 10.1. The lowest BCUT2D eigenvalue weighted by molar-refractivity contribution is -0.111. The van der Waals surface area contributed by atoms with Gasteiger partial charge in [0.05, 0.1) is 11.6 Å². The number of piperazine rings is 1. The van der Waals surface area contributed by atoms with Gasteiger partial charge >= 0.3 is 0 Å². The van der Waals surface area contributed by atoms with Crippen LogP contribution in [0.3, 0.4) is 0 Å². The second kappa shape index (κ2) is 12.0. The first kappa shape index (κ1) is 28.1. The van der Waals surface area contributed by atoms with Crippen LogP contribution in [0.5, 0.6) is 0 Å². The van der Waals surface area contributed by atoms with E-state index in [2.05, 4.69) is 22.2 Å². The summed E-state index contributed by atoms with van der Waals surface area (Å²) < 4.78 is 29.6. The highest BCUT2D eigenvalue weighted by atomic mass is 19.2. The van der Waals surface area contributed by atoms with Crippen LogP contribution in [0.2, 0.25) is 0 Å². The quantitative estimate of drug-likeness (QED) is 0.192. The van der Waals surface area contributed by atoms with E-state index in [0.717, 1.165) is 27.6 Å². The molecule has 10 heteroatoms. The number of aryl methyl sites for hydroxylation is 1. The summed E-state index contributed by atoms with van der Waals surface area (Å²) in [7, 11) is 0. The van der Waals surface area contributed by atoms with Gasteiger partial charge in [-0.3, -0.25) is 9.69 Å². The Balaban J connectivity index is 1.37. The molecule has 3 atom stereocenters. The predicted octanol–water partition coefficient (Wildman–Crippen LogP) is 5.57. The summed E-state index contributed by atoms with van der Waals surface area (Å²) in [5, 5.41) is 16.4. The lowest BCUT2D eigenvalue weighted by Crippen LogP contribution is -2.57. The van der Waals surface area contributed by atoms with Gasteiger partial charge in [-0.15, -0.1) is 0 Å². The number of hydrogen-bond acceptors (Lipinski definition) is 7. The minimum Gasteiger partial charge on any atom is -0.392 e. The van der Waals surface area contributed by atoms with Crippen molar-refractivity contribution in [2.75, 3.05) is 35.2 Å². The number of aliphatic hydroxyl groups excluding tert-OH is 1. The van der Waals surface area contributed by atoms with E-state index in [9.17, 15) is 18.7 Å². The monoisotopic (exact) mass is 558 g/mol. The summed E-state index contributed by atoms with van der Waals surface area (Å²) in [6, 6.07) is 18.5. The van der Waals surface area contributed by atoms with Crippen molar-refractivity contribution in [3.63, 3.8) is 0 Å². The maximum absolute atomic E-state index is 14.9. The molecule has 5 rings (SSSR count). The highest BCUT2D eigenvalue weighted by molar-refractivity contribution is 6.00. The lowest BCUT2D eigenvalue weighted by Gasteiger charge is -2.41. The van der Waals surface area contributed by atoms with E-state index in [1.807, 2.05) is 43.3 Å². The molecule has 0 spiro atoms. The van der Waals surface area contributed by atoms with Crippen LogP contribution in [0.15, 0.2) is 79.5 Å². The van der Waals surface area contributed by atoms with E-state index in [1.165, 1.54) is 15.9 Å². The van der Waals surface area contributed by atoms with Gasteiger partial charge in [-0.2, -0.15) is 0 Å². The molecule has 0 aliphatic carbocycles. The number of nitrogens with one attached hydrogen (secondary N) is 2. The maximum Gasteiger partial charge on any atom is 0.247 e. The van der Waals surface area contributed by atoms with Crippen LogP contribution in [0.25, 0.3) is 22.0 Å². The Morgan fingerprint density at radius 1 is 1.12 bits per heavy atom. The third-order valence-corrected chi connectivity index (χ3v) is 7.02. The third-order valence-electron chi connectivity index (χ3n) is 7.02. The molecule has 1 fully saturated rings. The standard InChI is InChI=1S/C31H32F2N6O2/c1-4-26(41)35-24-7-5-6-21(16-24)27-19(2)8-9-22-17-34-31(37-28(22)27)36-23-10-12-25(13-11-23)39-15-14-38(18-20(3)40)29(32)30(39)33/h4-13,16-17,20,29-30,40H,1,14-15,18H2,2-3H3,(H,35,41)(H,34,36,37). The largest absolute Gasteiger partial charge is 0.392 e. The van der Waals surface area contributed by atoms with Crippen LogP contribution in [0.4, 0.5) is 31.8 Å². The zero-order chi connectivity index (χ0) is 29.1. The van der Waals surface area contributed by atoms with Gasteiger partial charge in [-0.25, -0.2) is 18.7 Å². The molecule has 3 N–H and O–H groups in total. The van der Waals surface area contributed by atoms with Crippen molar-refractivity contribution in [2.45, 2.75) is 32.5 Å². The lowest BCUT2D eigenvalue weighted by atomic mass is 9.97. The molecule has 1 saturated heterocycles. The number of amides is 1. The van der Waals surface area contributed by atoms with Gasteiger partial charge in [0.1, 0.15) is 0 Å². The van der Waals surface area contributed by atoms with Crippen molar-refractivity contribution in [3.8, 4) is 11.1 Å². The van der Waals surface area contributed by atoms with Crippen LogP contribution in [-0.4, -0.2) is 64.2 Å². The SMILES string of the molecule is C=CC(=O)Nc1cccc(-c2c(C)ccc3cnc(Nc4ccc(N5CCN(CC(C)O)C(F)C5F)cc4)nc23)c1. The number of hydrogen-bond donors (Lipinski definition) is 3. The molecule has 8 nitrogen and oxygen atoms in total. The molecule has 1 aromatic heterocycles. The van der Waals surface area contributed by atoms with Crippen molar-refractivity contribution in [1.29, 1.82) is 0 Å². The van der Waals surface area contributed by atoms with E-state index >= 15 is 0 Å². The number of carbonyl (C=O) groups is 1. The molecule has 3 aromatic carbocycles. The maximum atomic E-state index is 14.9. The number of β-amino-alcohol motifs (C(OH)–C–C–N with tert-alkyl or cyclic N) is 1. The van der Waals surface area contributed by atoms with Crippen LogP contribution in [0.1, 0.15) is 12.5 Å². The number of aromatic nitrogens is 2. The number of rotatable bonds is 8. The molecule has 0 saturated carbocycles. The van der Waals surface area contributed by atoms with E-state index < -0.39 is 18.7 Å². The minimum absolute atomic E-state index is 0.0859. The molecule has 1 amide bonds. The zero-order valence-corrected chi connectivity index (χ0v) is 22.9. The van der Waals surface area contributed by atoms with Gasteiger partial charge in [0, 0.05) is 53.8 Å². The molecule has 3 unspecified atom stereocenters. The van der Waals surface area contributed by atoms with Gasteiger partial charge in [-0.1, -0.05) is 30.8 Å². The Bertz CT molecular complexity index is 1560. The van der Waals surface area contributed by atoms with Gasteiger partial charge in [0.25, 0.3) is 0 Å². The first-order valence-corrected chi connectivity index (χ1v) is 13.4. The number of anilines is 4. The summed E-state index contributed by atoms with van der Waals surface area (Å²) >= 11 is 0. The number of halogens is 2. The van der Waals surface area contributed by atoms with Crippen molar-refractivity contribution in [2.24, 2.45) is 0 Å². The van der Waals surface area contributed by atoms with Crippen LogP contribution < -0.4 is 15.5 Å². The highest BCUT2D eigenvalue weighted by Crippen LogP contribution is 2.33. The number of benzene rings is 3. The van der Waals surface area contributed by atoms with Crippen LogP contribution >= 0.6 is 0 Å². The summed E-state index contributed by atoms with van der Waals surface area (Å²) in [4.78, 5) is 23.8. The third kappa shape index (κ3) is 6.18. The fourth-order valence-corrected chi connectivity index (χ4v) is 5.04. The smallest absolute Gasteiger partial charge is 0.247 e. The van der Waals surface area contributed by atoms with Gasteiger partial charge in [0.15, 0.2) is 0 Å². The zero-order valence-electron chi connectivity index (χ0n) is 22.9. The molecule has 2 heterocycles. The number of alkyl halides is 2. The molecule has 1 aliphatic heterocycles. The molecule has 1 aliphatic rings. The van der Waals surface area contributed by atoms with Gasteiger partial charge in [0.2, 0.25) is 24.4 Å². The molecule has 0 radical (unpaired) electrons. The average Bonchev–Trinajstić information content (AvgIpc) is 2.96. The number of aliphatic hydroxyl groups is 1. The van der Waals surface area contributed by atoms with Crippen molar-refractivity contribution in [1.82, 2.24) is 14.9 Å². The number of carbonyl (C=O) groups excluding carboxylic acids is 1. The van der Waals surface area contributed by atoms with Crippen LogP contribution in [-0.2, 0) is 4.79 Å². The normalized spacial score (nSPS) is 18.2. The number of nitrogens with zero attached hydrogens (tertiary/aromatic N) is 4. The second-order valence-electron chi connectivity index (χ2n) is 10.1. The molecular formula is C31H32F2N6O2. The molecule has 212 valence electrons. The predicted molar refractivity (Wildman–Crippen MR) is 159 cm³/mol. The minimum atomic E-state index is -1.84. The van der Waals surface area contributed by atoms with Gasteiger partial charge in [-0.05, 0) is 67.4 Å². The average molecular weight is 559 g/mol. The highest BCUT2D eigenvalue weighted by Gasteiger charge is 2.37. The first-order chi connectivity index (χ1) is 19.7.